The molecule has 7 heteroatoms. The van der Waals surface area contributed by atoms with Gasteiger partial charge in [-0.2, -0.15) is 5.06 Å². The van der Waals surface area contributed by atoms with Crippen LogP contribution in [0.5, 0.6) is 0 Å². The zero-order valence-corrected chi connectivity index (χ0v) is 10.8. The summed E-state index contributed by atoms with van der Waals surface area (Å²) in [6.07, 6.45) is 6.32. The topological polar surface area (TPSA) is 79.0 Å². The van der Waals surface area contributed by atoms with Crippen LogP contribution in [0.15, 0.2) is 35.7 Å². The molecule has 2 atom stereocenters. The molecule has 3 rings (SSSR count). The molecule has 2 amide bonds. The number of aromatic nitrogens is 1. The van der Waals surface area contributed by atoms with E-state index in [9.17, 15) is 9.90 Å². The number of nitrogens with zero attached hydrogens (tertiary/aromatic N) is 3. The molecule has 1 aromatic rings. The van der Waals surface area contributed by atoms with E-state index in [1.807, 2.05) is 6.08 Å². The van der Waals surface area contributed by atoms with Crippen molar-refractivity contribution in [1.82, 2.24) is 14.9 Å². The van der Waals surface area contributed by atoms with Gasteiger partial charge in [0.2, 0.25) is 0 Å². The Morgan fingerprint density at radius 2 is 2.50 bits per heavy atom. The number of urea groups is 1. The Kier molecular flexibility index (Phi) is 3.29. The highest BCUT2D eigenvalue weighted by atomic mass is 16.7. The minimum absolute atomic E-state index is 0.147. The second-order valence-corrected chi connectivity index (χ2v) is 4.60. The lowest BCUT2D eigenvalue weighted by atomic mass is 9.98. The average Bonchev–Trinajstić information content (AvgIpc) is 3.08. The monoisotopic (exact) mass is 277 g/mol. The zero-order valence-electron chi connectivity index (χ0n) is 10.8. The van der Waals surface area contributed by atoms with Crippen LogP contribution < -0.4 is 0 Å². The van der Waals surface area contributed by atoms with E-state index in [1.165, 1.54) is 11.5 Å². The summed E-state index contributed by atoms with van der Waals surface area (Å²) in [7, 11) is 0. The number of amides is 2. The van der Waals surface area contributed by atoms with Crippen molar-refractivity contribution >= 4 is 11.6 Å². The summed E-state index contributed by atoms with van der Waals surface area (Å²) in [4.78, 5) is 23.2. The molecular formula is C13H15N3O4. The SMILES string of the molecule is C=CCON1C(=O)N2C[C@H]1C(c1cnco1)=CC2CO. The van der Waals surface area contributed by atoms with Gasteiger partial charge in [0.1, 0.15) is 6.04 Å². The molecule has 1 aromatic heterocycles. The van der Waals surface area contributed by atoms with E-state index < -0.39 is 0 Å². The third-order valence-electron chi connectivity index (χ3n) is 3.45. The molecule has 2 aliphatic heterocycles. The van der Waals surface area contributed by atoms with Crippen LogP contribution in [-0.4, -0.2) is 57.9 Å². The first-order valence-corrected chi connectivity index (χ1v) is 6.31. The number of hydrogen-bond acceptors (Lipinski definition) is 5. The van der Waals surface area contributed by atoms with Crippen LogP contribution in [0.2, 0.25) is 0 Å². The standard InChI is InChI=1S/C13H15N3O4/c1-2-3-20-16-11-6-15(13(16)18)9(7-17)4-10(11)12-5-14-8-19-12/h2,4-5,8-9,11,17H,1,3,6-7H2/t9?,11-/m0/s1. The van der Waals surface area contributed by atoms with Crippen LogP contribution >= 0.6 is 0 Å². The van der Waals surface area contributed by atoms with Gasteiger partial charge in [0, 0.05) is 5.57 Å². The van der Waals surface area contributed by atoms with Gasteiger partial charge in [0.05, 0.1) is 32.0 Å². The number of hydrogen-bond donors (Lipinski definition) is 1. The molecule has 1 fully saturated rings. The second kappa shape index (κ2) is 5.10. The van der Waals surface area contributed by atoms with Crippen molar-refractivity contribution in [3.8, 4) is 0 Å². The molecule has 1 saturated heterocycles. The molecule has 2 bridgehead atoms. The van der Waals surface area contributed by atoms with Gasteiger partial charge in [0.15, 0.2) is 12.2 Å². The normalized spacial score (nSPS) is 25.1. The van der Waals surface area contributed by atoms with Crippen molar-refractivity contribution in [3.05, 3.63) is 37.1 Å². The van der Waals surface area contributed by atoms with Crippen molar-refractivity contribution in [1.29, 1.82) is 0 Å². The van der Waals surface area contributed by atoms with E-state index in [0.29, 0.717) is 12.3 Å². The summed E-state index contributed by atoms with van der Waals surface area (Å²) >= 11 is 0. The summed E-state index contributed by atoms with van der Waals surface area (Å²) < 4.78 is 5.31. The Morgan fingerprint density at radius 3 is 3.15 bits per heavy atom. The molecular weight excluding hydrogens is 262 g/mol. The number of aliphatic hydroxyl groups is 1. The molecule has 0 spiro atoms. The van der Waals surface area contributed by atoms with Gasteiger partial charge < -0.3 is 14.4 Å². The second-order valence-electron chi connectivity index (χ2n) is 4.60. The van der Waals surface area contributed by atoms with E-state index in [1.54, 1.807) is 17.2 Å². The van der Waals surface area contributed by atoms with Crippen molar-refractivity contribution in [3.63, 3.8) is 0 Å². The van der Waals surface area contributed by atoms with E-state index in [0.717, 1.165) is 5.57 Å². The van der Waals surface area contributed by atoms with Gasteiger partial charge in [-0.15, -0.1) is 6.58 Å². The maximum Gasteiger partial charge on any atom is 0.345 e. The van der Waals surface area contributed by atoms with Crippen LogP contribution in [0, 0.1) is 0 Å². The Hall–Kier alpha value is -2.12. The Balaban J connectivity index is 1.95. The summed E-state index contributed by atoms with van der Waals surface area (Å²) in [5, 5.41) is 10.8. The first-order valence-electron chi connectivity index (χ1n) is 6.31. The predicted molar refractivity (Wildman–Crippen MR) is 69.2 cm³/mol. The van der Waals surface area contributed by atoms with Gasteiger partial charge >= 0.3 is 6.03 Å². The quantitative estimate of drug-likeness (QED) is 0.800. The van der Waals surface area contributed by atoms with Gasteiger partial charge in [-0.25, -0.2) is 9.78 Å². The number of hydroxylamine groups is 2. The number of oxazole rings is 1. The molecule has 20 heavy (non-hydrogen) atoms. The Morgan fingerprint density at radius 1 is 1.65 bits per heavy atom. The van der Waals surface area contributed by atoms with Gasteiger partial charge in [-0.1, -0.05) is 12.2 Å². The largest absolute Gasteiger partial charge is 0.444 e. The summed E-state index contributed by atoms with van der Waals surface area (Å²) in [6.45, 7) is 4.12. The van der Waals surface area contributed by atoms with Crippen LogP contribution in [0.1, 0.15) is 5.76 Å². The molecule has 0 radical (unpaired) electrons. The number of carbonyl (C=O) groups is 1. The fraction of sp³-hybridized carbons (Fsp3) is 0.385. The Labute approximate surface area is 115 Å². The molecule has 7 nitrogen and oxygen atoms in total. The molecule has 3 heterocycles. The molecule has 0 saturated carbocycles. The smallest absolute Gasteiger partial charge is 0.345 e. The molecule has 1 N–H and O–H groups in total. The molecule has 0 aromatic carbocycles. The lowest BCUT2D eigenvalue weighted by molar-refractivity contribution is -0.106. The van der Waals surface area contributed by atoms with Crippen LogP contribution in [-0.2, 0) is 4.84 Å². The summed E-state index contributed by atoms with van der Waals surface area (Å²) in [5.74, 6) is 0.579. The lowest BCUT2D eigenvalue weighted by Gasteiger charge is -2.27. The van der Waals surface area contributed by atoms with E-state index in [-0.39, 0.29) is 31.3 Å². The number of aliphatic hydroxyl groups excluding tert-OH is 1. The first-order chi connectivity index (χ1) is 9.76. The van der Waals surface area contributed by atoms with Gasteiger partial charge in [-0.05, 0) is 0 Å². The third kappa shape index (κ3) is 1.91. The van der Waals surface area contributed by atoms with E-state index in [4.69, 9.17) is 9.25 Å². The molecule has 0 aliphatic carbocycles. The van der Waals surface area contributed by atoms with E-state index >= 15 is 0 Å². The minimum Gasteiger partial charge on any atom is -0.444 e. The highest BCUT2D eigenvalue weighted by Gasteiger charge is 2.47. The van der Waals surface area contributed by atoms with Crippen LogP contribution in [0.25, 0.3) is 5.57 Å². The maximum atomic E-state index is 12.3. The van der Waals surface area contributed by atoms with E-state index in [2.05, 4.69) is 11.6 Å². The zero-order chi connectivity index (χ0) is 14.1. The minimum atomic E-state index is -0.379. The Bertz CT molecular complexity index is 540. The van der Waals surface area contributed by atoms with Crippen molar-refractivity contribution < 1.29 is 19.2 Å². The highest BCUT2D eigenvalue weighted by Crippen LogP contribution is 2.35. The average molecular weight is 277 g/mol. The van der Waals surface area contributed by atoms with Gasteiger partial charge in [0.25, 0.3) is 0 Å². The predicted octanol–water partition coefficient (Wildman–Crippen LogP) is 0.656. The lowest BCUT2D eigenvalue weighted by Crippen LogP contribution is -2.40. The highest BCUT2D eigenvalue weighted by molar-refractivity contribution is 5.84. The van der Waals surface area contributed by atoms with Crippen molar-refractivity contribution in [2.45, 2.75) is 12.1 Å². The maximum absolute atomic E-state index is 12.3. The van der Waals surface area contributed by atoms with Crippen LogP contribution in [0.4, 0.5) is 4.79 Å². The molecule has 2 aliphatic rings. The molecule has 1 unspecified atom stereocenters. The summed E-state index contributed by atoms with van der Waals surface area (Å²) in [5.41, 5.74) is 0.799. The fourth-order valence-electron chi connectivity index (χ4n) is 2.54. The third-order valence-corrected chi connectivity index (χ3v) is 3.45. The summed E-state index contributed by atoms with van der Waals surface area (Å²) in [6, 6.07) is -0.906. The number of rotatable bonds is 5. The van der Waals surface area contributed by atoms with Crippen molar-refractivity contribution in [2.75, 3.05) is 19.8 Å². The molecule has 106 valence electrons. The number of carbonyl (C=O) groups excluding carboxylic acids is 1. The first kappa shape index (κ1) is 12.9. The van der Waals surface area contributed by atoms with Gasteiger partial charge in [-0.3, -0.25) is 4.84 Å². The van der Waals surface area contributed by atoms with Crippen LogP contribution in [0.3, 0.4) is 0 Å². The fourth-order valence-corrected chi connectivity index (χ4v) is 2.54. The number of fused-ring (bicyclic) bond motifs is 2. The van der Waals surface area contributed by atoms with Crippen molar-refractivity contribution in [2.24, 2.45) is 0 Å².